The molecule has 0 radical (unpaired) electrons. The molecular formula is C13H17N5O. The number of hydrogen-bond acceptors (Lipinski definition) is 5. The van der Waals surface area contributed by atoms with E-state index < -0.39 is 0 Å². The van der Waals surface area contributed by atoms with Gasteiger partial charge in [0.1, 0.15) is 5.52 Å². The normalized spacial score (nSPS) is 11.3. The highest BCUT2D eigenvalue weighted by atomic mass is 16.2. The van der Waals surface area contributed by atoms with Crippen molar-refractivity contribution in [1.29, 1.82) is 0 Å². The Balaban J connectivity index is 2.00. The Labute approximate surface area is 111 Å². The number of nitrogens with zero attached hydrogens (tertiary/aromatic N) is 3. The SMILES string of the molecule is CC(C)(C)NC(=O)CNc1nnc2ccccc2n1. The predicted molar refractivity (Wildman–Crippen MR) is 73.7 cm³/mol. The lowest BCUT2D eigenvalue weighted by molar-refractivity contribution is -0.120. The Bertz CT molecular complexity index is 591. The number of rotatable bonds is 3. The lowest BCUT2D eigenvalue weighted by atomic mass is 10.1. The molecular weight excluding hydrogens is 242 g/mol. The molecule has 0 bridgehead atoms. The molecule has 19 heavy (non-hydrogen) atoms. The van der Waals surface area contributed by atoms with Crippen molar-refractivity contribution in [3.8, 4) is 0 Å². The molecule has 2 aromatic rings. The molecule has 0 saturated heterocycles. The molecule has 0 atom stereocenters. The van der Waals surface area contributed by atoms with Gasteiger partial charge in [-0.25, -0.2) is 4.98 Å². The van der Waals surface area contributed by atoms with E-state index in [9.17, 15) is 4.79 Å². The molecule has 0 saturated carbocycles. The van der Waals surface area contributed by atoms with Crippen LogP contribution >= 0.6 is 0 Å². The van der Waals surface area contributed by atoms with Gasteiger partial charge in [0.25, 0.3) is 0 Å². The highest BCUT2D eigenvalue weighted by Crippen LogP contribution is 2.08. The van der Waals surface area contributed by atoms with Crippen LogP contribution in [0.2, 0.25) is 0 Å². The lowest BCUT2D eigenvalue weighted by Gasteiger charge is -2.20. The van der Waals surface area contributed by atoms with Crippen LogP contribution in [0.4, 0.5) is 5.95 Å². The first-order valence-electron chi connectivity index (χ1n) is 6.08. The van der Waals surface area contributed by atoms with Crippen LogP contribution in [0.3, 0.4) is 0 Å². The smallest absolute Gasteiger partial charge is 0.243 e. The quantitative estimate of drug-likeness (QED) is 0.869. The van der Waals surface area contributed by atoms with Gasteiger partial charge in [0, 0.05) is 5.54 Å². The van der Waals surface area contributed by atoms with Crippen molar-refractivity contribution in [3.05, 3.63) is 24.3 Å². The van der Waals surface area contributed by atoms with Crippen LogP contribution in [0.25, 0.3) is 11.0 Å². The van der Waals surface area contributed by atoms with Crippen LogP contribution in [-0.4, -0.2) is 33.2 Å². The molecule has 2 rings (SSSR count). The number of fused-ring (bicyclic) bond motifs is 1. The fourth-order valence-electron chi connectivity index (χ4n) is 1.58. The zero-order valence-corrected chi connectivity index (χ0v) is 11.3. The number of anilines is 1. The van der Waals surface area contributed by atoms with Gasteiger partial charge in [-0.2, -0.15) is 0 Å². The average Bonchev–Trinajstić information content (AvgIpc) is 2.34. The van der Waals surface area contributed by atoms with Crippen molar-refractivity contribution < 1.29 is 4.79 Å². The Morgan fingerprint density at radius 2 is 1.84 bits per heavy atom. The molecule has 6 heteroatoms. The summed E-state index contributed by atoms with van der Waals surface area (Å²) in [5.74, 6) is 0.243. The second-order valence-electron chi connectivity index (χ2n) is 5.28. The first-order valence-corrected chi connectivity index (χ1v) is 6.08. The molecule has 1 heterocycles. The monoisotopic (exact) mass is 259 g/mol. The van der Waals surface area contributed by atoms with Gasteiger partial charge in [-0.1, -0.05) is 12.1 Å². The van der Waals surface area contributed by atoms with Gasteiger partial charge in [0.05, 0.1) is 12.1 Å². The van der Waals surface area contributed by atoms with E-state index in [1.807, 2.05) is 45.0 Å². The largest absolute Gasteiger partial charge is 0.350 e. The summed E-state index contributed by atoms with van der Waals surface area (Å²) in [4.78, 5) is 15.9. The average molecular weight is 259 g/mol. The summed E-state index contributed by atoms with van der Waals surface area (Å²) in [5, 5.41) is 13.7. The number of para-hydroxylation sites is 1. The maximum absolute atomic E-state index is 11.6. The molecule has 0 fully saturated rings. The highest BCUT2D eigenvalue weighted by molar-refractivity contribution is 5.81. The summed E-state index contributed by atoms with van der Waals surface area (Å²) >= 11 is 0. The number of nitrogens with one attached hydrogen (secondary N) is 2. The summed E-state index contributed by atoms with van der Waals surface area (Å²) in [6, 6.07) is 7.45. The molecule has 0 unspecified atom stereocenters. The van der Waals surface area contributed by atoms with E-state index in [4.69, 9.17) is 0 Å². The molecule has 0 aliphatic rings. The first kappa shape index (κ1) is 13.2. The summed E-state index contributed by atoms with van der Waals surface area (Å²) in [6.45, 7) is 5.91. The first-order chi connectivity index (χ1) is 8.94. The zero-order valence-electron chi connectivity index (χ0n) is 11.3. The maximum Gasteiger partial charge on any atom is 0.243 e. The van der Waals surface area contributed by atoms with E-state index in [1.54, 1.807) is 0 Å². The van der Waals surface area contributed by atoms with Crippen LogP contribution in [0.1, 0.15) is 20.8 Å². The third kappa shape index (κ3) is 3.87. The Kier molecular flexibility index (Phi) is 3.59. The summed E-state index contributed by atoms with van der Waals surface area (Å²) < 4.78 is 0. The van der Waals surface area contributed by atoms with Crippen LogP contribution in [0.15, 0.2) is 24.3 Å². The van der Waals surface area contributed by atoms with E-state index in [2.05, 4.69) is 25.8 Å². The summed E-state index contributed by atoms with van der Waals surface area (Å²) in [5.41, 5.74) is 1.23. The van der Waals surface area contributed by atoms with Crippen LogP contribution in [0.5, 0.6) is 0 Å². The minimum absolute atomic E-state index is 0.107. The second kappa shape index (κ2) is 5.17. The van der Waals surface area contributed by atoms with Crippen molar-refractivity contribution >= 4 is 22.9 Å². The molecule has 0 spiro atoms. The predicted octanol–water partition coefficient (Wildman–Crippen LogP) is 1.35. The minimum Gasteiger partial charge on any atom is -0.350 e. The van der Waals surface area contributed by atoms with Gasteiger partial charge in [-0.15, -0.1) is 10.2 Å². The molecule has 100 valence electrons. The fourth-order valence-corrected chi connectivity index (χ4v) is 1.58. The van der Waals surface area contributed by atoms with Gasteiger partial charge < -0.3 is 10.6 Å². The van der Waals surface area contributed by atoms with Crippen LogP contribution in [-0.2, 0) is 4.79 Å². The van der Waals surface area contributed by atoms with Crippen LogP contribution in [0, 0.1) is 0 Å². The Morgan fingerprint density at radius 3 is 2.53 bits per heavy atom. The van der Waals surface area contributed by atoms with E-state index in [0.29, 0.717) is 5.95 Å². The third-order valence-corrected chi connectivity index (χ3v) is 2.28. The number of amides is 1. The van der Waals surface area contributed by atoms with Gasteiger partial charge in [-0.05, 0) is 32.9 Å². The number of carbonyl (C=O) groups excluding carboxylic acids is 1. The summed E-state index contributed by atoms with van der Waals surface area (Å²) in [7, 11) is 0. The highest BCUT2D eigenvalue weighted by Gasteiger charge is 2.13. The van der Waals surface area contributed by atoms with E-state index in [0.717, 1.165) is 11.0 Å². The van der Waals surface area contributed by atoms with Gasteiger partial charge in [-0.3, -0.25) is 4.79 Å². The third-order valence-electron chi connectivity index (χ3n) is 2.28. The maximum atomic E-state index is 11.6. The van der Waals surface area contributed by atoms with E-state index in [-0.39, 0.29) is 18.0 Å². The zero-order chi connectivity index (χ0) is 13.9. The molecule has 0 aliphatic carbocycles. The van der Waals surface area contributed by atoms with Crippen molar-refractivity contribution in [1.82, 2.24) is 20.5 Å². The lowest BCUT2D eigenvalue weighted by Crippen LogP contribution is -2.43. The molecule has 0 aliphatic heterocycles. The molecule has 6 nitrogen and oxygen atoms in total. The van der Waals surface area contributed by atoms with Gasteiger partial charge in [0.15, 0.2) is 0 Å². The topological polar surface area (TPSA) is 79.8 Å². The van der Waals surface area contributed by atoms with E-state index in [1.165, 1.54) is 0 Å². The molecule has 2 N–H and O–H groups in total. The van der Waals surface area contributed by atoms with Crippen molar-refractivity contribution in [2.75, 3.05) is 11.9 Å². The minimum atomic E-state index is -0.249. The molecule has 1 amide bonds. The Hall–Kier alpha value is -2.24. The number of hydrogen-bond donors (Lipinski definition) is 2. The number of aromatic nitrogens is 3. The van der Waals surface area contributed by atoms with Crippen molar-refractivity contribution in [2.45, 2.75) is 26.3 Å². The molecule has 1 aromatic heterocycles. The van der Waals surface area contributed by atoms with Crippen molar-refractivity contribution in [3.63, 3.8) is 0 Å². The fraction of sp³-hybridized carbons (Fsp3) is 0.385. The standard InChI is InChI=1S/C13H17N5O/c1-13(2,3)16-11(19)8-14-12-15-9-6-4-5-7-10(9)17-18-12/h4-7H,8H2,1-3H3,(H,16,19)(H,14,15,18). The van der Waals surface area contributed by atoms with E-state index >= 15 is 0 Å². The summed E-state index contributed by atoms with van der Waals surface area (Å²) in [6.07, 6.45) is 0. The van der Waals surface area contributed by atoms with Gasteiger partial charge >= 0.3 is 0 Å². The van der Waals surface area contributed by atoms with Gasteiger partial charge in [0.2, 0.25) is 11.9 Å². The Morgan fingerprint density at radius 1 is 1.16 bits per heavy atom. The number of carbonyl (C=O) groups is 1. The number of benzene rings is 1. The van der Waals surface area contributed by atoms with Crippen molar-refractivity contribution in [2.24, 2.45) is 0 Å². The molecule has 1 aromatic carbocycles. The second-order valence-corrected chi connectivity index (χ2v) is 5.28. The van der Waals surface area contributed by atoms with Crippen LogP contribution < -0.4 is 10.6 Å².